The number of hydrogen-bond donors (Lipinski definition) is 0. The van der Waals surface area contributed by atoms with E-state index < -0.39 is 9.05 Å². The first-order chi connectivity index (χ1) is 8.88. The van der Waals surface area contributed by atoms with Gasteiger partial charge in [-0.05, 0) is 31.0 Å². The van der Waals surface area contributed by atoms with Crippen molar-refractivity contribution in [3.63, 3.8) is 0 Å². The van der Waals surface area contributed by atoms with Crippen molar-refractivity contribution < 1.29 is 13.2 Å². The minimum atomic E-state index is -3.36. The van der Waals surface area contributed by atoms with Gasteiger partial charge in [-0.25, -0.2) is 8.42 Å². The molecule has 0 saturated carbocycles. The Labute approximate surface area is 128 Å². The molecule has 0 bridgehead atoms. The first-order valence-corrected chi connectivity index (χ1v) is 9.12. The third-order valence-corrected chi connectivity index (χ3v) is 4.20. The number of ether oxygens (including phenoxy) is 1. The molecule has 0 aliphatic heterocycles. The summed E-state index contributed by atoms with van der Waals surface area (Å²) in [6, 6.07) is 5.07. The monoisotopic (exact) mass is 344 g/mol. The summed E-state index contributed by atoms with van der Waals surface area (Å²) in [6.07, 6.45) is 3.11. The number of unbranched alkanes of at least 4 members (excludes halogenated alkanes) is 3. The molecule has 0 heterocycles. The lowest BCUT2D eigenvalue weighted by molar-refractivity contribution is 0.305. The first-order valence-electron chi connectivity index (χ1n) is 5.89. The summed E-state index contributed by atoms with van der Waals surface area (Å²) < 4.78 is 26.9. The van der Waals surface area contributed by atoms with Gasteiger partial charge < -0.3 is 4.74 Å². The highest BCUT2D eigenvalue weighted by Crippen LogP contribution is 2.27. The van der Waals surface area contributed by atoms with Gasteiger partial charge in [-0.1, -0.05) is 36.0 Å². The summed E-state index contributed by atoms with van der Waals surface area (Å²) in [5, 5.41) is 1.06. The van der Waals surface area contributed by atoms with Gasteiger partial charge >= 0.3 is 0 Å². The summed E-state index contributed by atoms with van der Waals surface area (Å²) in [7, 11) is 1.75. The molecule has 1 aromatic rings. The van der Waals surface area contributed by atoms with Gasteiger partial charge in [-0.15, -0.1) is 0 Å². The van der Waals surface area contributed by atoms with Crippen LogP contribution in [0, 0.1) is 0 Å². The van der Waals surface area contributed by atoms with Crippen LogP contribution in [0.1, 0.15) is 25.7 Å². The molecule has 3 nitrogen and oxygen atoms in total. The maximum Gasteiger partial charge on any atom is 0.232 e. The van der Waals surface area contributed by atoms with Crippen molar-refractivity contribution in [3.05, 3.63) is 28.2 Å². The molecule has 7 heteroatoms. The molecule has 0 amide bonds. The molecule has 0 radical (unpaired) electrons. The summed E-state index contributed by atoms with van der Waals surface area (Å²) in [6.45, 7) is 0.537. The van der Waals surface area contributed by atoms with Crippen LogP contribution in [0.25, 0.3) is 0 Å². The topological polar surface area (TPSA) is 43.4 Å². The van der Waals surface area contributed by atoms with Crippen LogP contribution in [0.2, 0.25) is 10.0 Å². The Hall–Kier alpha value is -0.160. The Morgan fingerprint density at radius 2 is 1.74 bits per heavy atom. The largest absolute Gasteiger partial charge is 0.492 e. The van der Waals surface area contributed by atoms with Gasteiger partial charge in [0.15, 0.2) is 0 Å². The second-order valence-electron chi connectivity index (χ2n) is 4.08. The molecule has 0 atom stereocenters. The molecule has 19 heavy (non-hydrogen) atoms. The van der Waals surface area contributed by atoms with E-state index >= 15 is 0 Å². The van der Waals surface area contributed by atoms with E-state index in [-0.39, 0.29) is 5.75 Å². The van der Waals surface area contributed by atoms with Gasteiger partial charge in [0, 0.05) is 15.7 Å². The second-order valence-corrected chi connectivity index (χ2v) is 7.82. The minimum absolute atomic E-state index is 0.0262. The van der Waals surface area contributed by atoms with Crippen molar-refractivity contribution in [1.29, 1.82) is 0 Å². The molecule has 108 valence electrons. The van der Waals surface area contributed by atoms with Crippen LogP contribution in [0.4, 0.5) is 0 Å². The lowest BCUT2D eigenvalue weighted by Crippen LogP contribution is -2.00. The van der Waals surface area contributed by atoms with Crippen molar-refractivity contribution in [1.82, 2.24) is 0 Å². The third kappa shape index (κ3) is 7.88. The van der Waals surface area contributed by atoms with E-state index in [0.29, 0.717) is 28.8 Å². The smallest absolute Gasteiger partial charge is 0.232 e. The van der Waals surface area contributed by atoms with Crippen molar-refractivity contribution in [2.24, 2.45) is 0 Å². The van der Waals surface area contributed by atoms with E-state index in [1.54, 1.807) is 18.2 Å². The lowest BCUT2D eigenvalue weighted by Gasteiger charge is -2.07. The van der Waals surface area contributed by atoms with Crippen LogP contribution >= 0.6 is 33.9 Å². The molecular weight excluding hydrogens is 331 g/mol. The van der Waals surface area contributed by atoms with Crippen molar-refractivity contribution in [2.45, 2.75) is 25.7 Å². The molecule has 0 spiro atoms. The summed E-state index contributed by atoms with van der Waals surface area (Å²) in [4.78, 5) is 0. The van der Waals surface area contributed by atoms with E-state index in [9.17, 15) is 8.42 Å². The normalized spacial score (nSPS) is 11.5. The van der Waals surface area contributed by atoms with Gasteiger partial charge in [0.2, 0.25) is 9.05 Å². The van der Waals surface area contributed by atoms with Crippen molar-refractivity contribution >= 4 is 42.9 Å². The zero-order chi connectivity index (χ0) is 14.3. The van der Waals surface area contributed by atoms with Crippen molar-refractivity contribution in [3.8, 4) is 5.75 Å². The molecule has 0 fully saturated rings. The molecule has 0 aliphatic carbocycles. The molecular formula is C12H15Cl3O3S. The van der Waals surface area contributed by atoms with E-state index in [1.165, 1.54) is 0 Å². The quantitative estimate of drug-likeness (QED) is 0.514. The van der Waals surface area contributed by atoms with Gasteiger partial charge in [0.05, 0.1) is 17.4 Å². The maximum absolute atomic E-state index is 10.7. The lowest BCUT2D eigenvalue weighted by atomic mass is 10.2. The highest BCUT2D eigenvalue weighted by molar-refractivity contribution is 8.13. The van der Waals surface area contributed by atoms with Crippen LogP contribution in [0.3, 0.4) is 0 Å². The predicted octanol–water partition coefficient (Wildman–Crippen LogP) is 4.50. The molecule has 1 rings (SSSR count). The highest BCUT2D eigenvalue weighted by atomic mass is 35.7. The van der Waals surface area contributed by atoms with Gasteiger partial charge in [-0.3, -0.25) is 0 Å². The van der Waals surface area contributed by atoms with Gasteiger partial charge in [0.25, 0.3) is 0 Å². The molecule has 0 unspecified atom stereocenters. The van der Waals surface area contributed by atoms with Gasteiger partial charge in [0.1, 0.15) is 5.75 Å². The van der Waals surface area contributed by atoms with Crippen LogP contribution in [-0.4, -0.2) is 20.8 Å². The molecule has 0 N–H and O–H groups in total. The Morgan fingerprint density at radius 3 is 2.37 bits per heavy atom. The minimum Gasteiger partial charge on any atom is -0.492 e. The van der Waals surface area contributed by atoms with Crippen LogP contribution in [0.5, 0.6) is 5.75 Å². The fourth-order valence-corrected chi connectivity index (χ4v) is 2.84. The van der Waals surface area contributed by atoms with Gasteiger partial charge in [-0.2, -0.15) is 0 Å². The first kappa shape index (κ1) is 16.9. The van der Waals surface area contributed by atoms with E-state index in [2.05, 4.69) is 0 Å². The molecule has 0 saturated heterocycles. The van der Waals surface area contributed by atoms with E-state index in [0.717, 1.165) is 19.3 Å². The number of benzene rings is 1. The molecule has 1 aromatic carbocycles. The summed E-state index contributed by atoms with van der Waals surface area (Å²) in [5.74, 6) is 0.632. The van der Waals surface area contributed by atoms with Crippen LogP contribution in [0.15, 0.2) is 18.2 Å². The SMILES string of the molecule is O=S(=O)(Cl)CCCCCCOc1ccc(Cl)cc1Cl. The summed E-state index contributed by atoms with van der Waals surface area (Å²) in [5.41, 5.74) is 0. The highest BCUT2D eigenvalue weighted by Gasteiger charge is 2.04. The molecule has 0 aromatic heterocycles. The number of hydrogen-bond acceptors (Lipinski definition) is 3. The average molecular weight is 346 g/mol. The van der Waals surface area contributed by atoms with E-state index in [1.807, 2.05) is 0 Å². The maximum atomic E-state index is 10.7. The van der Waals surface area contributed by atoms with E-state index in [4.69, 9.17) is 38.6 Å². The number of halogens is 3. The second kappa shape index (κ2) is 8.20. The number of rotatable bonds is 8. The van der Waals surface area contributed by atoms with Crippen LogP contribution < -0.4 is 4.74 Å². The zero-order valence-electron chi connectivity index (χ0n) is 10.2. The average Bonchev–Trinajstić information content (AvgIpc) is 2.29. The fourth-order valence-electron chi connectivity index (χ4n) is 1.50. The van der Waals surface area contributed by atoms with Crippen molar-refractivity contribution in [2.75, 3.05) is 12.4 Å². The van der Waals surface area contributed by atoms with Crippen LogP contribution in [-0.2, 0) is 9.05 Å². The third-order valence-electron chi connectivity index (χ3n) is 2.43. The summed E-state index contributed by atoms with van der Waals surface area (Å²) >= 11 is 11.7. The Kier molecular flexibility index (Phi) is 7.29. The standard InChI is InChI=1S/C12H15Cl3O3S/c13-10-5-6-12(11(14)9-10)18-7-3-1-2-4-8-19(15,16)17/h5-6,9H,1-4,7-8H2. The molecule has 0 aliphatic rings. The Morgan fingerprint density at radius 1 is 1.05 bits per heavy atom. The Balaban J connectivity index is 2.14. The predicted molar refractivity (Wildman–Crippen MR) is 80.1 cm³/mol. The zero-order valence-corrected chi connectivity index (χ0v) is 13.3. The fraction of sp³-hybridized carbons (Fsp3) is 0.500. The Bertz CT molecular complexity index is 503.